The van der Waals surface area contributed by atoms with Gasteiger partial charge in [-0.1, -0.05) is 49.6 Å². The van der Waals surface area contributed by atoms with E-state index in [1.54, 1.807) is 0 Å². The van der Waals surface area contributed by atoms with Gasteiger partial charge in [-0.3, -0.25) is 0 Å². The van der Waals surface area contributed by atoms with Gasteiger partial charge in [-0.05, 0) is 37.5 Å². The zero-order chi connectivity index (χ0) is 10.4. The van der Waals surface area contributed by atoms with Crippen molar-refractivity contribution in [2.75, 3.05) is 0 Å². The highest BCUT2D eigenvalue weighted by atomic mass is 14.0. The number of hydrogen-bond acceptors (Lipinski definition) is 0. The van der Waals surface area contributed by atoms with Gasteiger partial charge in [0.05, 0.1) is 0 Å². The Kier molecular flexibility index (Phi) is 4.45. The van der Waals surface area contributed by atoms with Crippen molar-refractivity contribution < 1.29 is 0 Å². The molecule has 1 aromatic rings. The molecule has 0 heterocycles. The van der Waals surface area contributed by atoms with Crippen molar-refractivity contribution >= 4 is 0 Å². The first kappa shape index (κ1) is 11.0. The molecule has 0 saturated carbocycles. The molecule has 0 aromatic heterocycles. The minimum Gasteiger partial charge on any atom is -0.0760 e. The van der Waals surface area contributed by atoms with Gasteiger partial charge in [0.1, 0.15) is 0 Å². The highest BCUT2D eigenvalue weighted by Gasteiger charge is 1.93. The van der Waals surface area contributed by atoms with Crippen LogP contribution in [0, 0.1) is 19.9 Å². The van der Waals surface area contributed by atoms with E-state index in [2.05, 4.69) is 51.1 Å². The standard InChI is InChI=1S/C14H19/c1-4-5-6-7-8-14-11-12(2)9-10-13(14)3/h7,9-11H,4-6H2,1-3H3. The fraction of sp³-hybridized carbons (Fsp3) is 0.429. The number of unbranched alkanes of at least 4 members (excludes halogenated alkanes) is 2. The summed E-state index contributed by atoms with van der Waals surface area (Å²) < 4.78 is 0. The van der Waals surface area contributed by atoms with E-state index in [0.717, 1.165) is 6.42 Å². The molecular weight excluding hydrogens is 168 g/mol. The van der Waals surface area contributed by atoms with Crippen molar-refractivity contribution in [2.24, 2.45) is 0 Å². The Morgan fingerprint density at radius 1 is 1.29 bits per heavy atom. The van der Waals surface area contributed by atoms with Crippen LogP contribution in [-0.4, -0.2) is 0 Å². The van der Waals surface area contributed by atoms with Crippen LogP contribution in [0.4, 0.5) is 0 Å². The molecule has 1 radical (unpaired) electrons. The topological polar surface area (TPSA) is 0 Å². The molecule has 0 saturated heterocycles. The molecule has 0 fully saturated rings. The summed E-state index contributed by atoms with van der Waals surface area (Å²) in [6, 6.07) is 6.50. The fourth-order valence-electron chi connectivity index (χ4n) is 1.38. The second-order valence-corrected chi connectivity index (χ2v) is 3.81. The molecule has 0 bridgehead atoms. The van der Waals surface area contributed by atoms with Crippen LogP contribution in [0.2, 0.25) is 0 Å². The van der Waals surface area contributed by atoms with Crippen molar-refractivity contribution in [3.8, 4) is 0 Å². The van der Waals surface area contributed by atoms with Crippen LogP contribution in [0.25, 0.3) is 0 Å². The minimum atomic E-state index is 1.14. The molecule has 1 rings (SSSR count). The monoisotopic (exact) mass is 187 g/mol. The van der Waals surface area contributed by atoms with E-state index < -0.39 is 0 Å². The van der Waals surface area contributed by atoms with Crippen molar-refractivity contribution in [1.82, 2.24) is 0 Å². The molecule has 0 heteroatoms. The minimum absolute atomic E-state index is 1.14. The highest BCUT2D eigenvalue weighted by Crippen LogP contribution is 2.11. The Bertz CT molecular complexity index is 308. The predicted molar refractivity (Wildman–Crippen MR) is 62.4 cm³/mol. The van der Waals surface area contributed by atoms with Crippen LogP contribution in [-0.2, 0) is 0 Å². The second-order valence-electron chi connectivity index (χ2n) is 3.81. The maximum atomic E-state index is 3.36. The third kappa shape index (κ3) is 3.37. The number of aryl methyl sites for hydroxylation is 2. The summed E-state index contributed by atoms with van der Waals surface area (Å²) in [7, 11) is 0. The SMILES string of the molecule is CCCC/C=[C]\c1cc(C)ccc1C. The zero-order valence-corrected chi connectivity index (χ0v) is 9.43. The van der Waals surface area contributed by atoms with Gasteiger partial charge in [0.15, 0.2) is 0 Å². The zero-order valence-electron chi connectivity index (χ0n) is 9.43. The molecule has 1 aromatic carbocycles. The lowest BCUT2D eigenvalue weighted by molar-refractivity contribution is 0.813. The summed E-state index contributed by atoms with van der Waals surface area (Å²) in [6.07, 6.45) is 9.18. The number of allylic oxidation sites excluding steroid dienone is 1. The van der Waals surface area contributed by atoms with Crippen LogP contribution in [0.3, 0.4) is 0 Å². The fourth-order valence-corrected chi connectivity index (χ4v) is 1.38. The Labute approximate surface area is 87.7 Å². The van der Waals surface area contributed by atoms with Gasteiger partial charge in [0, 0.05) is 0 Å². The van der Waals surface area contributed by atoms with Crippen LogP contribution in [0.5, 0.6) is 0 Å². The lowest BCUT2D eigenvalue weighted by Gasteiger charge is -2.00. The van der Waals surface area contributed by atoms with Crippen molar-refractivity contribution in [3.63, 3.8) is 0 Å². The molecule has 0 amide bonds. The normalized spacial score (nSPS) is 11.1. The summed E-state index contributed by atoms with van der Waals surface area (Å²) in [6.45, 7) is 6.47. The first-order valence-electron chi connectivity index (χ1n) is 5.39. The number of benzene rings is 1. The Morgan fingerprint density at radius 3 is 2.79 bits per heavy atom. The van der Waals surface area contributed by atoms with E-state index in [1.807, 2.05) is 0 Å². The van der Waals surface area contributed by atoms with Gasteiger partial charge < -0.3 is 0 Å². The lowest BCUT2D eigenvalue weighted by atomic mass is 10.0. The Balaban J connectivity index is 2.65. The third-order valence-electron chi connectivity index (χ3n) is 2.35. The summed E-state index contributed by atoms with van der Waals surface area (Å²) >= 11 is 0. The van der Waals surface area contributed by atoms with Crippen LogP contribution < -0.4 is 0 Å². The van der Waals surface area contributed by atoms with Gasteiger partial charge in [0.2, 0.25) is 0 Å². The summed E-state index contributed by atoms with van der Waals surface area (Å²) in [4.78, 5) is 0. The van der Waals surface area contributed by atoms with Crippen molar-refractivity contribution in [1.29, 1.82) is 0 Å². The summed E-state index contributed by atoms with van der Waals surface area (Å²) in [5.74, 6) is 0. The molecule has 0 atom stereocenters. The molecule has 75 valence electrons. The van der Waals surface area contributed by atoms with Crippen LogP contribution in [0.15, 0.2) is 24.3 Å². The first-order chi connectivity index (χ1) is 6.74. The highest BCUT2D eigenvalue weighted by molar-refractivity contribution is 5.34. The van der Waals surface area contributed by atoms with Gasteiger partial charge in [-0.25, -0.2) is 0 Å². The molecule has 0 aliphatic carbocycles. The van der Waals surface area contributed by atoms with Gasteiger partial charge in [-0.15, -0.1) is 0 Å². The van der Waals surface area contributed by atoms with E-state index in [1.165, 1.54) is 29.5 Å². The number of hydrogen-bond donors (Lipinski definition) is 0. The van der Waals surface area contributed by atoms with E-state index in [0.29, 0.717) is 0 Å². The second kappa shape index (κ2) is 5.64. The molecule has 14 heavy (non-hydrogen) atoms. The van der Waals surface area contributed by atoms with E-state index in [-0.39, 0.29) is 0 Å². The third-order valence-corrected chi connectivity index (χ3v) is 2.35. The van der Waals surface area contributed by atoms with E-state index >= 15 is 0 Å². The van der Waals surface area contributed by atoms with E-state index in [4.69, 9.17) is 0 Å². The van der Waals surface area contributed by atoms with Crippen molar-refractivity contribution in [3.05, 3.63) is 47.0 Å². The average molecular weight is 187 g/mol. The first-order valence-corrected chi connectivity index (χ1v) is 5.39. The molecule has 0 N–H and O–H groups in total. The van der Waals surface area contributed by atoms with Crippen molar-refractivity contribution in [2.45, 2.75) is 40.0 Å². The predicted octanol–water partition coefficient (Wildman–Crippen LogP) is 4.20. The Hall–Kier alpha value is -1.04. The maximum absolute atomic E-state index is 3.36. The molecule has 0 aliphatic rings. The van der Waals surface area contributed by atoms with Gasteiger partial charge in [0.25, 0.3) is 0 Å². The summed E-state index contributed by atoms with van der Waals surface area (Å²) in [5.41, 5.74) is 3.85. The molecule has 0 aliphatic heterocycles. The van der Waals surface area contributed by atoms with Gasteiger partial charge in [-0.2, -0.15) is 0 Å². The molecule has 0 nitrogen and oxygen atoms in total. The lowest BCUT2D eigenvalue weighted by Crippen LogP contribution is -1.83. The van der Waals surface area contributed by atoms with Crippen LogP contribution >= 0.6 is 0 Å². The maximum Gasteiger partial charge on any atom is -0.0146 e. The molecule has 0 spiro atoms. The smallest absolute Gasteiger partial charge is 0.0146 e. The molecule has 0 unspecified atom stereocenters. The van der Waals surface area contributed by atoms with Crippen LogP contribution in [0.1, 0.15) is 42.9 Å². The summed E-state index contributed by atoms with van der Waals surface area (Å²) in [5, 5.41) is 0. The largest absolute Gasteiger partial charge is 0.0760 e. The number of rotatable bonds is 4. The van der Waals surface area contributed by atoms with Gasteiger partial charge >= 0.3 is 0 Å². The molecular formula is C14H19. The Morgan fingerprint density at radius 2 is 2.07 bits per heavy atom. The van der Waals surface area contributed by atoms with E-state index in [9.17, 15) is 0 Å². The quantitative estimate of drug-likeness (QED) is 0.620. The average Bonchev–Trinajstić information content (AvgIpc) is 2.18.